The Morgan fingerprint density at radius 2 is 1.95 bits per heavy atom. The number of hydrogen-bond acceptors (Lipinski definition) is 3. The molecule has 5 nitrogen and oxygen atoms in total. The number of urea groups is 1. The lowest BCUT2D eigenvalue weighted by molar-refractivity contribution is 0.0455. The fourth-order valence-corrected chi connectivity index (χ4v) is 2.21. The topological polar surface area (TPSA) is 76.4 Å². The van der Waals surface area contributed by atoms with Gasteiger partial charge in [0.05, 0.1) is 5.54 Å². The van der Waals surface area contributed by atoms with Crippen molar-refractivity contribution >= 4 is 6.03 Å². The van der Waals surface area contributed by atoms with E-state index in [1.807, 2.05) is 30.3 Å². The predicted molar refractivity (Wildman–Crippen MR) is 73.7 cm³/mol. The van der Waals surface area contributed by atoms with Crippen LogP contribution in [0.15, 0.2) is 30.3 Å². The van der Waals surface area contributed by atoms with E-state index < -0.39 is 0 Å². The van der Waals surface area contributed by atoms with Crippen LogP contribution in [-0.4, -0.2) is 31.3 Å². The Balaban J connectivity index is 1.83. The van der Waals surface area contributed by atoms with Gasteiger partial charge in [-0.15, -0.1) is 0 Å². The summed E-state index contributed by atoms with van der Waals surface area (Å²) in [6, 6.07) is 9.65. The smallest absolute Gasteiger partial charge is 0.315 e. The van der Waals surface area contributed by atoms with E-state index in [1.165, 1.54) is 0 Å². The second-order valence-corrected chi connectivity index (χ2v) is 4.89. The highest BCUT2D eigenvalue weighted by molar-refractivity contribution is 5.74. The maximum Gasteiger partial charge on any atom is 0.315 e. The lowest BCUT2D eigenvalue weighted by Gasteiger charge is -2.36. The Morgan fingerprint density at radius 1 is 1.26 bits per heavy atom. The van der Waals surface area contributed by atoms with Gasteiger partial charge in [0, 0.05) is 26.3 Å². The highest BCUT2D eigenvalue weighted by Gasteiger charge is 2.32. The summed E-state index contributed by atoms with van der Waals surface area (Å²) < 4.78 is 5.31. The number of rotatable bonds is 4. The molecule has 1 heterocycles. The molecule has 2 amide bonds. The molecule has 4 N–H and O–H groups in total. The van der Waals surface area contributed by atoms with Crippen LogP contribution in [0.5, 0.6) is 0 Å². The summed E-state index contributed by atoms with van der Waals surface area (Å²) in [6.45, 7) is 2.26. The molecule has 1 aliphatic heterocycles. The zero-order chi connectivity index (χ0) is 13.6. The van der Waals surface area contributed by atoms with E-state index in [1.54, 1.807) is 0 Å². The minimum absolute atomic E-state index is 0.170. The minimum Gasteiger partial charge on any atom is -0.381 e. The third kappa shape index (κ3) is 3.94. The van der Waals surface area contributed by atoms with Crippen LogP contribution in [0.4, 0.5) is 4.79 Å². The third-order valence-electron chi connectivity index (χ3n) is 3.52. The molecule has 1 aromatic carbocycles. The first-order chi connectivity index (χ1) is 9.24. The molecule has 19 heavy (non-hydrogen) atoms. The molecule has 1 aromatic rings. The van der Waals surface area contributed by atoms with Gasteiger partial charge in [0.25, 0.3) is 0 Å². The Kier molecular flexibility index (Phi) is 4.76. The van der Waals surface area contributed by atoms with Gasteiger partial charge in [0.1, 0.15) is 0 Å². The van der Waals surface area contributed by atoms with Crippen LogP contribution < -0.4 is 16.4 Å². The first-order valence-electron chi connectivity index (χ1n) is 6.62. The molecule has 5 heteroatoms. The maximum atomic E-state index is 11.9. The van der Waals surface area contributed by atoms with Gasteiger partial charge in [-0.05, 0) is 18.4 Å². The number of nitrogens with two attached hydrogens (primary N) is 1. The zero-order valence-electron chi connectivity index (χ0n) is 11.0. The van der Waals surface area contributed by atoms with Gasteiger partial charge in [-0.1, -0.05) is 30.3 Å². The molecule has 1 saturated heterocycles. The van der Waals surface area contributed by atoms with Gasteiger partial charge >= 0.3 is 6.03 Å². The summed E-state index contributed by atoms with van der Waals surface area (Å²) in [5.74, 6) is 0. The Hall–Kier alpha value is -1.59. The number of hydrogen-bond donors (Lipinski definition) is 3. The van der Waals surface area contributed by atoms with Crippen LogP contribution >= 0.6 is 0 Å². The summed E-state index contributed by atoms with van der Waals surface area (Å²) in [5, 5.41) is 5.86. The van der Waals surface area contributed by atoms with E-state index in [0.717, 1.165) is 18.4 Å². The van der Waals surface area contributed by atoms with Crippen LogP contribution in [0, 0.1) is 0 Å². The first-order valence-corrected chi connectivity index (χ1v) is 6.62. The largest absolute Gasteiger partial charge is 0.381 e. The second kappa shape index (κ2) is 6.54. The summed E-state index contributed by atoms with van der Waals surface area (Å²) in [4.78, 5) is 11.9. The summed E-state index contributed by atoms with van der Waals surface area (Å²) >= 11 is 0. The number of amides is 2. The molecule has 0 bridgehead atoms. The van der Waals surface area contributed by atoms with Crippen molar-refractivity contribution in [2.45, 2.75) is 24.9 Å². The molecule has 104 valence electrons. The minimum atomic E-state index is -0.320. The number of carbonyl (C=O) groups is 1. The van der Waals surface area contributed by atoms with Crippen LogP contribution in [0.25, 0.3) is 0 Å². The molecule has 2 rings (SSSR count). The van der Waals surface area contributed by atoms with E-state index in [-0.39, 0.29) is 11.6 Å². The number of ether oxygens (including phenoxy) is 1. The van der Waals surface area contributed by atoms with Gasteiger partial charge in [-0.25, -0.2) is 4.79 Å². The quantitative estimate of drug-likeness (QED) is 0.758. The van der Waals surface area contributed by atoms with Gasteiger partial charge in [0.15, 0.2) is 0 Å². The molecule has 0 saturated carbocycles. The molecule has 0 atom stereocenters. The molecule has 0 unspecified atom stereocenters. The standard InChI is InChI=1S/C14H21N3O2/c15-11-14(6-8-19-9-7-14)17-13(18)16-10-12-4-2-1-3-5-12/h1-5H,6-11,15H2,(H2,16,17,18). The van der Waals surface area contributed by atoms with Crippen molar-refractivity contribution in [3.05, 3.63) is 35.9 Å². The van der Waals surface area contributed by atoms with Crippen molar-refractivity contribution in [3.63, 3.8) is 0 Å². The van der Waals surface area contributed by atoms with Gasteiger partial charge < -0.3 is 21.1 Å². The van der Waals surface area contributed by atoms with E-state index in [0.29, 0.717) is 26.3 Å². The van der Waals surface area contributed by atoms with Crippen molar-refractivity contribution < 1.29 is 9.53 Å². The Morgan fingerprint density at radius 3 is 2.58 bits per heavy atom. The predicted octanol–water partition coefficient (Wildman–Crippen LogP) is 0.994. The van der Waals surface area contributed by atoms with E-state index in [9.17, 15) is 4.79 Å². The molecular formula is C14H21N3O2. The van der Waals surface area contributed by atoms with Crippen molar-refractivity contribution in [2.75, 3.05) is 19.8 Å². The van der Waals surface area contributed by atoms with Crippen molar-refractivity contribution in [3.8, 4) is 0 Å². The van der Waals surface area contributed by atoms with E-state index >= 15 is 0 Å². The summed E-state index contributed by atoms with van der Waals surface area (Å²) in [6.07, 6.45) is 1.53. The molecular weight excluding hydrogens is 242 g/mol. The van der Waals surface area contributed by atoms with Crippen molar-refractivity contribution in [1.29, 1.82) is 0 Å². The van der Waals surface area contributed by atoms with Gasteiger partial charge in [0.2, 0.25) is 0 Å². The fraction of sp³-hybridized carbons (Fsp3) is 0.500. The number of benzene rings is 1. The molecule has 1 fully saturated rings. The fourth-order valence-electron chi connectivity index (χ4n) is 2.21. The monoisotopic (exact) mass is 263 g/mol. The zero-order valence-corrected chi connectivity index (χ0v) is 11.0. The summed E-state index contributed by atoms with van der Waals surface area (Å²) in [5.41, 5.74) is 6.55. The van der Waals surface area contributed by atoms with Crippen molar-refractivity contribution in [2.24, 2.45) is 5.73 Å². The van der Waals surface area contributed by atoms with E-state index in [2.05, 4.69) is 10.6 Å². The van der Waals surface area contributed by atoms with Crippen LogP contribution in [0.3, 0.4) is 0 Å². The maximum absolute atomic E-state index is 11.9. The highest BCUT2D eigenvalue weighted by atomic mass is 16.5. The lowest BCUT2D eigenvalue weighted by atomic mass is 9.90. The summed E-state index contributed by atoms with van der Waals surface area (Å²) in [7, 11) is 0. The second-order valence-electron chi connectivity index (χ2n) is 4.89. The van der Waals surface area contributed by atoms with E-state index in [4.69, 9.17) is 10.5 Å². The van der Waals surface area contributed by atoms with Gasteiger partial charge in [-0.2, -0.15) is 0 Å². The molecule has 0 aromatic heterocycles. The van der Waals surface area contributed by atoms with Crippen LogP contribution in [0.2, 0.25) is 0 Å². The normalized spacial score (nSPS) is 17.7. The Labute approximate surface area is 113 Å². The molecule has 1 aliphatic rings. The average molecular weight is 263 g/mol. The average Bonchev–Trinajstić information content (AvgIpc) is 2.47. The SMILES string of the molecule is NCC1(NC(=O)NCc2ccccc2)CCOCC1. The van der Waals surface area contributed by atoms with Crippen molar-refractivity contribution in [1.82, 2.24) is 10.6 Å². The molecule has 0 radical (unpaired) electrons. The third-order valence-corrected chi connectivity index (χ3v) is 3.52. The van der Waals surface area contributed by atoms with Crippen LogP contribution in [-0.2, 0) is 11.3 Å². The molecule has 0 spiro atoms. The lowest BCUT2D eigenvalue weighted by Crippen LogP contribution is -2.58. The number of nitrogens with one attached hydrogen (secondary N) is 2. The highest BCUT2D eigenvalue weighted by Crippen LogP contribution is 2.19. The number of carbonyl (C=O) groups excluding carboxylic acids is 1. The van der Waals surface area contributed by atoms with Crippen LogP contribution in [0.1, 0.15) is 18.4 Å². The Bertz CT molecular complexity index is 402. The van der Waals surface area contributed by atoms with Gasteiger partial charge in [-0.3, -0.25) is 0 Å². The first kappa shape index (κ1) is 13.8. The molecule has 0 aliphatic carbocycles.